The van der Waals surface area contributed by atoms with Crippen LogP contribution in [0.5, 0.6) is 5.75 Å². The largest absolute Gasteiger partial charge is 0.476 e. The molecule has 1 aromatic rings. The first kappa shape index (κ1) is 12.5. The lowest BCUT2D eigenvalue weighted by molar-refractivity contribution is -0.153. The van der Waals surface area contributed by atoms with Crippen molar-refractivity contribution >= 4 is 5.97 Å². The molecular formula is C12H15FO3. The Morgan fingerprint density at radius 3 is 2.44 bits per heavy atom. The van der Waals surface area contributed by atoms with Crippen LogP contribution in [0, 0.1) is 0 Å². The first-order valence-electron chi connectivity index (χ1n) is 5.18. The molecule has 88 valence electrons. The smallest absolute Gasteiger partial charge is 0.378 e. The molecule has 0 amide bonds. The molecule has 0 aromatic heterocycles. The molecule has 2 atom stereocenters. The Morgan fingerprint density at radius 2 is 2.00 bits per heavy atom. The zero-order chi connectivity index (χ0) is 12.1. The van der Waals surface area contributed by atoms with Crippen molar-refractivity contribution in [3.05, 3.63) is 29.8 Å². The highest BCUT2D eigenvalue weighted by molar-refractivity contribution is 5.70. The summed E-state index contributed by atoms with van der Waals surface area (Å²) in [4.78, 5) is 10.2. The van der Waals surface area contributed by atoms with Crippen LogP contribution in [-0.2, 0) is 4.79 Å². The van der Waals surface area contributed by atoms with Crippen LogP contribution < -0.4 is 4.74 Å². The van der Waals surface area contributed by atoms with Crippen LogP contribution in [0.4, 0.5) is 4.39 Å². The molecule has 0 spiro atoms. The van der Waals surface area contributed by atoms with E-state index in [2.05, 4.69) is 18.6 Å². The minimum Gasteiger partial charge on any atom is -0.476 e. The lowest BCUT2D eigenvalue weighted by atomic mass is 9.99. The van der Waals surface area contributed by atoms with Crippen LogP contribution in [0.2, 0.25) is 0 Å². The van der Waals surface area contributed by atoms with Crippen molar-refractivity contribution in [1.82, 2.24) is 0 Å². The maximum absolute atomic E-state index is 12.7. The number of carboxylic acids is 1. The number of rotatable bonds is 5. The minimum atomic E-state index is -2.31. The van der Waals surface area contributed by atoms with Crippen molar-refractivity contribution in [2.45, 2.75) is 32.5 Å². The predicted octanol–water partition coefficient (Wildman–Crippen LogP) is 2.96. The Bertz CT molecular complexity index is 348. The number of aliphatic carboxylic acids is 1. The van der Waals surface area contributed by atoms with E-state index in [-0.39, 0.29) is 5.75 Å². The number of hydrogen-bond donors (Lipinski definition) is 1. The number of alkyl halides is 1. The Balaban J connectivity index is 2.68. The second-order valence-corrected chi connectivity index (χ2v) is 3.65. The Morgan fingerprint density at radius 1 is 1.44 bits per heavy atom. The summed E-state index contributed by atoms with van der Waals surface area (Å²) in [5, 5.41) is 8.32. The molecule has 0 heterocycles. The Hall–Kier alpha value is -1.58. The average Bonchev–Trinajstić information content (AvgIpc) is 2.28. The molecule has 0 radical (unpaired) electrons. The zero-order valence-corrected chi connectivity index (χ0v) is 9.31. The number of carbonyl (C=O) groups is 1. The van der Waals surface area contributed by atoms with E-state index in [1.165, 1.54) is 0 Å². The van der Waals surface area contributed by atoms with Gasteiger partial charge < -0.3 is 9.84 Å². The lowest BCUT2D eigenvalue weighted by Crippen LogP contribution is -2.21. The fraction of sp³-hybridized carbons (Fsp3) is 0.417. The van der Waals surface area contributed by atoms with E-state index in [9.17, 15) is 9.18 Å². The first-order valence-corrected chi connectivity index (χ1v) is 5.18. The van der Waals surface area contributed by atoms with Gasteiger partial charge in [-0.2, -0.15) is 4.39 Å². The van der Waals surface area contributed by atoms with Crippen LogP contribution >= 0.6 is 0 Å². The third-order valence-electron chi connectivity index (χ3n) is 2.50. The van der Waals surface area contributed by atoms with E-state index in [4.69, 9.17) is 5.11 Å². The Kier molecular flexibility index (Phi) is 4.28. The van der Waals surface area contributed by atoms with E-state index in [1.54, 1.807) is 12.1 Å². The van der Waals surface area contributed by atoms with Crippen LogP contribution in [0.3, 0.4) is 0 Å². The van der Waals surface area contributed by atoms with Gasteiger partial charge in [0.25, 0.3) is 0 Å². The number of halogens is 1. The Labute approximate surface area is 93.9 Å². The van der Waals surface area contributed by atoms with E-state index in [1.807, 2.05) is 12.1 Å². The predicted molar refractivity (Wildman–Crippen MR) is 58.3 cm³/mol. The van der Waals surface area contributed by atoms with Crippen LogP contribution in [0.15, 0.2) is 24.3 Å². The van der Waals surface area contributed by atoms with Gasteiger partial charge in [-0.1, -0.05) is 26.0 Å². The number of benzene rings is 1. The minimum absolute atomic E-state index is 0.224. The quantitative estimate of drug-likeness (QED) is 0.839. The molecule has 3 nitrogen and oxygen atoms in total. The van der Waals surface area contributed by atoms with Gasteiger partial charge in [0.05, 0.1) is 0 Å². The summed E-state index contributed by atoms with van der Waals surface area (Å²) in [5.74, 6) is -0.970. The van der Waals surface area contributed by atoms with Gasteiger partial charge >= 0.3 is 12.3 Å². The molecule has 1 rings (SSSR count). The van der Waals surface area contributed by atoms with Crippen molar-refractivity contribution in [1.29, 1.82) is 0 Å². The van der Waals surface area contributed by atoms with Crippen LogP contribution in [-0.4, -0.2) is 17.4 Å². The van der Waals surface area contributed by atoms with Crippen molar-refractivity contribution < 1.29 is 19.0 Å². The zero-order valence-electron chi connectivity index (χ0n) is 9.31. The molecule has 0 aliphatic heterocycles. The van der Waals surface area contributed by atoms with Gasteiger partial charge in [-0.3, -0.25) is 0 Å². The molecule has 2 unspecified atom stereocenters. The molecule has 0 aliphatic carbocycles. The average molecular weight is 226 g/mol. The number of carboxylic acid groups (broad SMARTS) is 1. The second kappa shape index (κ2) is 5.49. The molecule has 0 aliphatic rings. The van der Waals surface area contributed by atoms with Crippen molar-refractivity contribution in [3.63, 3.8) is 0 Å². The maximum atomic E-state index is 12.7. The third kappa shape index (κ3) is 3.22. The molecule has 0 fully saturated rings. The molecule has 1 aromatic carbocycles. The maximum Gasteiger partial charge on any atom is 0.378 e. The number of ether oxygens (including phenoxy) is 1. The summed E-state index contributed by atoms with van der Waals surface area (Å²) < 4.78 is 17.3. The highest BCUT2D eigenvalue weighted by atomic mass is 19.1. The first-order chi connectivity index (χ1) is 7.54. The van der Waals surface area contributed by atoms with Gasteiger partial charge in [-0.15, -0.1) is 0 Å². The van der Waals surface area contributed by atoms with E-state index < -0.39 is 12.3 Å². The molecule has 0 bridgehead atoms. The van der Waals surface area contributed by atoms with Gasteiger partial charge in [0.15, 0.2) is 0 Å². The molecule has 0 saturated heterocycles. The third-order valence-corrected chi connectivity index (χ3v) is 2.50. The van der Waals surface area contributed by atoms with Crippen LogP contribution in [0.1, 0.15) is 31.7 Å². The monoisotopic (exact) mass is 226 g/mol. The fourth-order valence-electron chi connectivity index (χ4n) is 1.28. The van der Waals surface area contributed by atoms with Gasteiger partial charge in [-0.05, 0) is 30.0 Å². The number of hydrogen-bond acceptors (Lipinski definition) is 2. The molecule has 1 N–H and O–H groups in total. The van der Waals surface area contributed by atoms with E-state index >= 15 is 0 Å². The summed E-state index contributed by atoms with van der Waals surface area (Å²) in [5.41, 5.74) is 1.13. The van der Waals surface area contributed by atoms with E-state index in [0.717, 1.165) is 12.0 Å². The van der Waals surface area contributed by atoms with Gasteiger partial charge in [0, 0.05) is 0 Å². The summed E-state index contributed by atoms with van der Waals surface area (Å²) in [6.07, 6.45) is -1.30. The molecule has 0 saturated carbocycles. The van der Waals surface area contributed by atoms with E-state index in [0.29, 0.717) is 5.92 Å². The normalized spacial score (nSPS) is 14.2. The van der Waals surface area contributed by atoms with Crippen molar-refractivity contribution in [2.24, 2.45) is 0 Å². The molecular weight excluding hydrogens is 211 g/mol. The van der Waals surface area contributed by atoms with Crippen LogP contribution in [0.25, 0.3) is 0 Å². The topological polar surface area (TPSA) is 46.5 Å². The highest BCUT2D eigenvalue weighted by Gasteiger charge is 2.17. The second-order valence-electron chi connectivity index (χ2n) is 3.65. The standard InChI is InChI=1S/C12H15FO3/c1-3-8(2)9-4-6-10(7-5-9)16-11(13)12(14)15/h4-8,11H,3H2,1-2H3,(H,14,15). The van der Waals surface area contributed by atoms with Gasteiger partial charge in [0.2, 0.25) is 0 Å². The van der Waals surface area contributed by atoms with Crippen molar-refractivity contribution in [2.75, 3.05) is 0 Å². The lowest BCUT2D eigenvalue weighted by Gasteiger charge is -2.11. The summed E-state index contributed by atoms with van der Waals surface area (Å²) >= 11 is 0. The fourth-order valence-corrected chi connectivity index (χ4v) is 1.28. The SMILES string of the molecule is CCC(C)c1ccc(OC(F)C(=O)O)cc1. The summed E-state index contributed by atoms with van der Waals surface area (Å²) in [6, 6.07) is 6.80. The molecule has 4 heteroatoms. The summed E-state index contributed by atoms with van der Waals surface area (Å²) in [7, 11) is 0. The van der Waals surface area contributed by atoms with Gasteiger partial charge in [-0.25, -0.2) is 4.79 Å². The molecule has 16 heavy (non-hydrogen) atoms. The summed E-state index contributed by atoms with van der Waals surface area (Å²) in [6.45, 7) is 4.17. The van der Waals surface area contributed by atoms with Gasteiger partial charge in [0.1, 0.15) is 5.75 Å². The van der Waals surface area contributed by atoms with Crippen molar-refractivity contribution in [3.8, 4) is 5.75 Å². The highest BCUT2D eigenvalue weighted by Crippen LogP contribution is 2.22.